The molecule has 1 aromatic carbocycles. The monoisotopic (exact) mass is 423 g/mol. The zero-order chi connectivity index (χ0) is 21.8. The molecule has 1 atom stereocenters. The van der Waals surface area contributed by atoms with E-state index in [0.717, 1.165) is 16.9 Å². The number of benzene rings is 1. The lowest BCUT2D eigenvalue weighted by molar-refractivity contribution is -0.150. The van der Waals surface area contributed by atoms with Gasteiger partial charge in [-0.2, -0.15) is 0 Å². The van der Waals surface area contributed by atoms with Gasteiger partial charge in [0.25, 0.3) is 11.8 Å². The number of anilines is 1. The molecule has 1 aliphatic rings. The van der Waals surface area contributed by atoms with Gasteiger partial charge in [0.1, 0.15) is 12.1 Å². The second-order valence-corrected chi connectivity index (χ2v) is 8.19. The maximum absolute atomic E-state index is 12.6. The van der Waals surface area contributed by atoms with Crippen LogP contribution in [0.4, 0.5) is 10.5 Å². The van der Waals surface area contributed by atoms with Crippen molar-refractivity contribution in [2.75, 3.05) is 18.5 Å². The third kappa shape index (κ3) is 5.93. The minimum atomic E-state index is -1.04. The van der Waals surface area contributed by atoms with Crippen LogP contribution in [-0.2, 0) is 19.1 Å². The van der Waals surface area contributed by atoms with Crippen LogP contribution < -0.4 is 10.6 Å². The molecule has 0 bridgehead atoms. The molecule has 8 nitrogen and oxygen atoms in total. The van der Waals surface area contributed by atoms with Crippen molar-refractivity contribution in [2.24, 2.45) is 5.92 Å². The molecule has 158 valence electrons. The predicted octanol–water partition coefficient (Wildman–Crippen LogP) is 2.88. The average Bonchev–Trinajstić information content (AvgIpc) is 2.85. The van der Waals surface area contributed by atoms with E-state index in [-0.39, 0.29) is 0 Å². The van der Waals surface area contributed by atoms with Gasteiger partial charge >= 0.3 is 12.0 Å². The van der Waals surface area contributed by atoms with Crippen molar-refractivity contribution < 1.29 is 23.9 Å². The van der Waals surface area contributed by atoms with E-state index >= 15 is 0 Å². The van der Waals surface area contributed by atoms with Crippen LogP contribution in [-0.4, -0.2) is 47.4 Å². The van der Waals surface area contributed by atoms with E-state index in [1.165, 1.54) is 0 Å². The first-order valence-corrected chi connectivity index (χ1v) is 9.75. The van der Waals surface area contributed by atoms with Crippen molar-refractivity contribution in [2.45, 2.75) is 46.1 Å². The van der Waals surface area contributed by atoms with Crippen LogP contribution in [0.2, 0.25) is 5.02 Å². The number of carbonyl (C=O) groups excluding carboxylic acids is 4. The lowest BCUT2D eigenvalue weighted by atomic mass is 9.92. The summed E-state index contributed by atoms with van der Waals surface area (Å²) in [5, 5.41) is 5.70. The number of amides is 4. The molecule has 2 N–H and O–H groups in total. The molecule has 1 aromatic rings. The molecule has 0 aromatic heterocycles. The molecule has 1 aliphatic heterocycles. The number of nitrogens with one attached hydrogen (secondary N) is 2. The highest BCUT2D eigenvalue weighted by Crippen LogP contribution is 2.24. The molecule has 1 fully saturated rings. The van der Waals surface area contributed by atoms with Gasteiger partial charge in [-0.05, 0) is 50.3 Å². The summed E-state index contributed by atoms with van der Waals surface area (Å²) in [5.74, 6) is -1.50. The number of rotatable bonds is 8. The van der Waals surface area contributed by atoms with Crippen LogP contribution in [0.25, 0.3) is 0 Å². The summed E-state index contributed by atoms with van der Waals surface area (Å²) in [6.07, 6.45) is 1.23. The zero-order valence-electron chi connectivity index (χ0n) is 17.0. The third-order valence-corrected chi connectivity index (χ3v) is 4.93. The molecule has 0 aliphatic carbocycles. The first-order valence-electron chi connectivity index (χ1n) is 9.37. The van der Waals surface area contributed by atoms with E-state index in [9.17, 15) is 19.2 Å². The van der Waals surface area contributed by atoms with Crippen LogP contribution in [0.1, 0.15) is 39.2 Å². The Hall–Kier alpha value is -2.61. The van der Waals surface area contributed by atoms with Gasteiger partial charge in [0, 0.05) is 10.7 Å². The molecule has 0 spiro atoms. The summed E-state index contributed by atoms with van der Waals surface area (Å²) in [4.78, 5) is 49.6. The Morgan fingerprint density at radius 3 is 2.66 bits per heavy atom. The van der Waals surface area contributed by atoms with E-state index in [2.05, 4.69) is 10.6 Å². The van der Waals surface area contributed by atoms with Gasteiger partial charge in [0.15, 0.2) is 6.61 Å². The fourth-order valence-electron chi connectivity index (χ4n) is 2.87. The third-order valence-electron chi connectivity index (χ3n) is 4.69. The molecule has 0 unspecified atom stereocenters. The average molecular weight is 424 g/mol. The predicted molar refractivity (Wildman–Crippen MR) is 108 cm³/mol. The first kappa shape index (κ1) is 22.7. The number of hydrogen-bond acceptors (Lipinski definition) is 5. The molecular weight excluding hydrogens is 398 g/mol. The highest BCUT2D eigenvalue weighted by molar-refractivity contribution is 6.31. The molecule has 4 amide bonds. The number of esters is 1. The van der Waals surface area contributed by atoms with Crippen molar-refractivity contribution in [1.29, 1.82) is 0 Å². The Labute approximate surface area is 174 Å². The van der Waals surface area contributed by atoms with Gasteiger partial charge in [-0.3, -0.25) is 19.3 Å². The molecular formula is C20H26ClN3O5. The van der Waals surface area contributed by atoms with Crippen molar-refractivity contribution >= 4 is 41.1 Å². The number of urea groups is 1. The van der Waals surface area contributed by atoms with E-state index in [1.54, 1.807) is 32.0 Å². The standard InChI is InChI=1S/C20H26ClN3O5/c1-12(2)7-8-20(4)18(27)24(19(28)23-20)10-17(26)29-11-16(25)22-15-9-14(21)6-5-13(15)3/h5-6,9,12H,7-8,10-11H2,1-4H3,(H,22,25)(H,23,28)/t20-/m0/s1. The second kappa shape index (κ2) is 9.26. The van der Waals surface area contributed by atoms with Crippen LogP contribution in [0.15, 0.2) is 18.2 Å². The van der Waals surface area contributed by atoms with Crippen molar-refractivity contribution in [3.05, 3.63) is 28.8 Å². The molecule has 1 heterocycles. The normalized spacial score (nSPS) is 18.8. The number of ether oxygens (including phenoxy) is 1. The van der Waals surface area contributed by atoms with Crippen molar-refractivity contribution in [1.82, 2.24) is 10.2 Å². The maximum Gasteiger partial charge on any atom is 0.326 e. The highest BCUT2D eigenvalue weighted by Gasteiger charge is 2.48. The summed E-state index contributed by atoms with van der Waals surface area (Å²) >= 11 is 5.90. The topological polar surface area (TPSA) is 105 Å². The highest BCUT2D eigenvalue weighted by atomic mass is 35.5. The molecule has 1 saturated heterocycles. The van der Waals surface area contributed by atoms with Crippen LogP contribution in [0, 0.1) is 12.8 Å². The van der Waals surface area contributed by atoms with E-state index in [0.29, 0.717) is 23.0 Å². The second-order valence-electron chi connectivity index (χ2n) is 7.75. The maximum atomic E-state index is 12.6. The number of hydrogen-bond donors (Lipinski definition) is 2. The minimum Gasteiger partial charge on any atom is -0.454 e. The van der Waals surface area contributed by atoms with Gasteiger partial charge in [-0.1, -0.05) is 31.5 Å². The van der Waals surface area contributed by atoms with Gasteiger partial charge in [-0.15, -0.1) is 0 Å². The molecule has 9 heteroatoms. The Morgan fingerprint density at radius 2 is 2.00 bits per heavy atom. The van der Waals surface area contributed by atoms with E-state index < -0.39 is 42.5 Å². The Kier molecular flexibility index (Phi) is 7.24. The van der Waals surface area contributed by atoms with Gasteiger partial charge < -0.3 is 15.4 Å². The zero-order valence-corrected chi connectivity index (χ0v) is 17.8. The quantitative estimate of drug-likeness (QED) is 0.494. The SMILES string of the molecule is Cc1ccc(Cl)cc1NC(=O)COC(=O)CN1C(=O)N[C@@](C)(CCC(C)C)C1=O. The van der Waals surface area contributed by atoms with Crippen LogP contribution >= 0.6 is 11.6 Å². The smallest absolute Gasteiger partial charge is 0.326 e. The minimum absolute atomic E-state index is 0.372. The van der Waals surface area contributed by atoms with E-state index in [4.69, 9.17) is 16.3 Å². The molecule has 0 saturated carbocycles. The first-order chi connectivity index (χ1) is 13.5. The molecule has 0 radical (unpaired) electrons. The number of aryl methyl sites for hydroxylation is 1. The summed E-state index contributed by atoms with van der Waals surface area (Å²) in [7, 11) is 0. The van der Waals surface area contributed by atoms with Crippen LogP contribution in [0.5, 0.6) is 0 Å². The Morgan fingerprint density at radius 1 is 1.31 bits per heavy atom. The van der Waals surface area contributed by atoms with E-state index in [1.807, 2.05) is 13.8 Å². The van der Waals surface area contributed by atoms with Gasteiger partial charge in [-0.25, -0.2) is 4.79 Å². The summed E-state index contributed by atoms with van der Waals surface area (Å²) in [6, 6.07) is 4.39. The summed E-state index contributed by atoms with van der Waals surface area (Å²) in [5.41, 5.74) is 0.269. The van der Waals surface area contributed by atoms with Gasteiger partial charge in [0.2, 0.25) is 0 Å². The van der Waals surface area contributed by atoms with Gasteiger partial charge in [0.05, 0.1) is 0 Å². The van der Waals surface area contributed by atoms with Crippen LogP contribution in [0.3, 0.4) is 0 Å². The number of imide groups is 1. The van der Waals surface area contributed by atoms with Crippen molar-refractivity contribution in [3.8, 4) is 0 Å². The number of halogens is 1. The lowest BCUT2D eigenvalue weighted by Crippen LogP contribution is -2.44. The Bertz CT molecular complexity index is 826. The Balaban J connectivity index is 1.87. The fourth-order valence-corrected chi connectivity index (χ4v) is 3.05. The molecule has 29 heavy (non-hydrogen) atoms. The fraction of sp³-hybridized carbons (Fsp3) is 0.500. The largest absolute Gasteiger partial charge is 0.454 e. The summed E-state index contributed by atoms with van der Waals surface area (Å²) < 4.78 is 4.91. The van der Waals surface area contributed by atoms with Crippen molar-refractivity contribution in [3.63, 3.8) is 0 Å². The number of nitrogens with zero attached hydrogens (tertiary/aromatic N) is 1. The number of carbonyl (C=O) groups is 4. The lowest BCUT2D eigenvalue weighted by Gasteiger charge is -2.22. The molecule has 2 rings (SSSR count). The summed E-state index contributed by atoms with van der Waals surface area (Å²) in [6.45, 7) is 6.39.